The Morgan fingerprint density at radius 2 is 1.80 bits per heavy atom. The van der Waals surface area contributed by atoms with Crippen LogP contribution >= 0.6 is 11.6 Å². The smallest absolute Gasteiger partial charge is 0.196 e. The van der Waals surface area contributed by atoms with Crippen molar-refractivity contribution in [2.75, 3.05) is 0 Å². The minimum atomic E-state index is -0.103. The fourth-order valence-electron chi connectivity index (χ4n) is 1.30. The predicted octanol–water partition coefficient (Wildman–Crippen LogP) is 2.97. The van der Waals surface area contributed by atoms with Gasteiger partial charge in [-0.15, -0.1) is 0 Å². The Morgan fingerprint density at radius 1 is 1.07 bits per heavy atom. The van der Waals surface area contributed by atoms with Gasteiger partial charge in [-0.05, 0) is 12.1 Å². The van der Waals surface area contributed by atoms with E-state index >= 15 is 0 Å². The maximum Gasteiger partial charge on any atom is 0.196 e. The van der Waals surface area contributed by atoms with Gasteiger partial charge in [0.15, 0.2) is 5.78 Å². The topological polar surface area (TPSA) is 30.0 Å². The monoisotopic (exact) mass is 217 g/mol. The van der Waals surface area contributed by atoms with Crippen LogP contribution in [-0.2, 0) is 0 Å². The molecule has 0 aliphatic heterocycles. The van der Waals surface area contributed by atoms with Crippen molar-refractivity contribution in [2.45, 2.75) is 0 Å². The molecule has 0 amide bonds. The van der Waals surface area contributed by atoms with E-state index in [0.29, 0.717) is 11.1 Å². The van der Waals surface area contributed by atoms with E-state index in [1.54, 1.807) is 30.5 Å². The lowest BCUT2D eigenvalue weighted by Crippen LogP contribution is -2.02. The highest BCUT2D eigenvalue weighted by Crippen LogP contribution is 2.16. The molecule has 0 aliphatic carbocycles. The van der Waals surface area contributed by atoms with Gasteiger partial charge in [-0.3, -0.25) is 4.79 Å². The maximum absolute atomic E-state index is 11.9. The highest BCUT2D eigenvalue weighted by atomic mass is 35.5. The van der Waals surface area contributed by atoms with Crippen molar-refractivity contribution >= 4 is 17.4 Å². The fourth-order valence-corrected chi connectivity index (χ4v) is 1.51. The highest BCUT2D eigenvalue weighted by molar-refractivity contribution is 6.33. The summed E-state index contributed by atoms with van der Waals surface area (Å²) in [5.74, 6) is -0.103. The summed E-state index contributed by atoms with van der Waals surface area (Å²) >= 11 is 5.84. The van der Waals surface area contributed by atoms with Crippen molar-refractivity contribution in [2.24, 2.45) is 0 Å². The maximum atomic E-state index is 11.9. The van der Waals surface area contributed by atoms with Gasteiger partial charge in [0.25, 0.3) is 0 Å². The van der Waals surface area contributed by atoms with Crippen LogP contribution < -0.4 is 0 Å². The molecule has 0 radical (unpaired) electrons. The molecule has 0 aliphatic rings. The van der Waals surface area contributed by atoms with Crippen molar-refractivity contribution in [1.82, 2.24) is 4.98 Å². The van der Waals surface area contributed by atoms with Crippen LogP contribution in [0.15, 0.2) is 48.7 Å². The average molecular weight is 218 g/mol. The van der Waals surface area contributed by atoms with Crippen LogP contribution in [0.5, 0.6) is 0 Å². The number of halogens is 1. The summed E-state index contributed by atoms with van der Waals surface area (Å²) in [6, 6.07) is 12.4. The standard InChI is InChI=1S/C12H8ClNO/c13-12-10(7-4-8-14-12)11(15)9-5-2-1-3-6-9/h1-8H. The van der Waals surface area contributed by atoms with Gasteiger partial charge in [-0.1, -0.05) is 41.9 Å². The molecule has 0 bridgehead atoms. The summed E-state index contributed by atoms with van der Waals surface area (Å²) in [6.07, 6.45) is 1.56. The van der Waals surface area contributed by atoms with Crippen LogP contribution in [0.4, 0.5) is 0 Å². The van der Waals surface area contributed by atoms with Crippen LogP contribution in [0.3, 0.4) is 0 Å². The van der Waals surface area contributed by atoms with Gasteiger partial charge in [-0.2, -0.15) is 0 Å². The van der Waals surface area contributed by atoms with Crippen molar-refractivity contribution in [3.05, 3.63) is 64.9 Å². The molecule has 2 aromatic rings. The van der Waals surface area contributed by atoms with Crippen LogP contribution in [0.25, 0.3) is 0 Å². The third-order valence-electron chi connectivity index (χ3n) is 2.04. The molecule has 0 fully saturated rings. The zero-order chi connectivity index (χ0) is 10.7. The molecule has 0 N–H and O–H groups in total. The van der Waals surface area contributed by atoms with E-state index in [1.807, 2.05) is 18.2 Å². The first kappa shape index (κ1) is 9.87. The van der Waals surface area contributed by atoms with Crippen LogP contribution in [-0.4, -0.2) is 10.8 Å². The van der Waals surface area contributed by atoms with Crippen molar-refractivity contribution in [3.63, 3.8) is 0 Å². The van der Waals surface area contributed by atoms with E-state index < -0.39 is 0 Å². The van der Waals surface area contributed by atoms with E-state index in [1.165, 1.54) is 0 Å². The number of carbonyl (C=O) groups excluding carboxylic acids is 1. The SMILES string of the molecule is O=C(c1ccccc1)c1cccnc1Cl. The lowest BCUT2D eigenvalue weighted by atomic mass is 10.1. The molecular weight excluding hydrogens is 210 g/mol. The molecule has 1 aromatic carbocycles. The molecule has 1 heterocycles. The first-order chi connectivity index (χ1) is 7.29. The first-order valence-electron chi connectivity index (χ1n) is 4.49. The van der Waals surface area contributed by atoms with E-state index in [4.69, 9.17) is 11.6 Å². The Kier molecular flexibility index (Phi) is 2.79. The van der Waals surface area contributed by atoms with Gasteiger partial charge < -0.3 is 0 Å². The zero-order valence-electron chi connectivity index (χ0n) is 7.85. The number of nitrogens with zero attached hydrogens (tertiary/aromatic N) is 1. The number of hydrogen-bond acceptors (Lipinski definition) is 2. The molecule has 0 atom stereocenters. The van der Waals surface area contributed by atoms with E-state index in [2.05, 4.69) is 4.98 Å². The molecule has 0 saturated heterocycles. The number of benzene rings is 1. The summed E-state index contributed by atoms with van der Waals surface area (Å²) in [5, 5.41) is 0.242. The van der Waals surface area contributed by atoms with Gasteiger partial charge in [0, 0.05) is 11.8 Å². The summed E-state index contributed by atoms with van der Waals surface area (Å²) in [5.41, 5.74) is 1.05. The number of hydrogen-bond donors (Lipinski definition) is 0. The summed E-state index contributed by atoms with van der Waals surface area (Å²) in [7, 11) is 0. The number of ketones is 1. The van der Waals surface area contributed by atoms with Gasteiger partial charge in [0.2, 0.25) is 0 Å². The number of aromatic nitrogens is 1. The molecule has 0 spiro atoms. The first-order valence-corrected chi connectivity index (χ1v) is 4.87. The van der Waals surface area contributed by atoms with E-state index in [9.17, 15) is 4.79 Å². The molecule has 1 aromatic heterocycles. The van der Waals surface area contributed by atoms with Gasteiger partial charge in [0.1, 0.15) is 5.15 Å². The normalized spacial score (nSPS) is 9.93. The second kappa shape index (κ2) is 4.24. The largest absolute Gasteiger partial charge is 0.288 e. The van der Waals surface area contributed by atoms with Gasteiger partial charge in [0.05, 0.1) is 5.56 Å². The zero-order valence-corrected chi connectivity index (χ0v) is 8.61. The second-order valence-corrected chi connectivity index (χ2v) is 3.39. The molecule has 2 nitrogen and oxygen atoms in total. The van der Waals surface area contributed by atoms with E-state index in [-0.39, 0.29) is 10.9 Å². The quantitative estimate of drug-likeness (QED) is 0.572. The third kappa shape index (κ3) is 2.05. The fraction of sp³-hybridized carbons (Fsp3) is 0. The molecule has 2 rings (SSSR count). The Morgan fingerprint density at radius 3 is 2.47 bits per heavy atom. The minimum Gasteiger partial charge on any atom is -0.288 e. The molecule has 0 unspecified atom stereocenters. The second-order valence-electron chi connectivity index (χ2n) is 3.04. The van der Waals surface area contributed by atoms with Crippen LogP contribution in [0, 0.1) is 0 Å². The summed E-state index contributed by atoms with van der Waals surface area (Å²) in [4.78, 5) is 15.8. The molecule has 3 heteroatoms. The third-order valence-corrected chi connectivity index (χ3v) is 2.34. The van der Waals surface area contributed by atoms with Gasteiger partial charge >= 0.3 is 0 Å². The Labute approximate surface area is 92.5 Å². The van der Waals surface area contributed by atoms with Crippen molar-refractivity contribution < 1.29 is 4.79 Å². The molecular formula is C12H8ClNO. The molecule has 74 valence electrons. The lowest BCUT2D eigenvalue weighted by molar-refractivity contribution is 0.103. The summed E-state index contributed by atoms with van der Waals surface area (Å²) < 4.78 is 0. The van der Waals surface area contributed by atoms with Crippen LogP contribution in [0.1, 0.15) is 15.9 Å². The van der Waals surface area contributed by atoms with Crippen molar-refractivity contribution in [1.29, 1.82) is 0 Å². The molecule has 0 saturated carbocycles. The Hall–Kier alpha value is -1.67. The summed E-state index contributed by atoms with van der Waals surface area (Å²) in [6.45, 7) is 0. The number of carbonyl (C=O) groups is 1. The highest BCUT2D eigenvalue weighted by Gasteiger charge is 2.11. The lowest BCUT2D eigenvalue weighted by Gasteiger charge is -2.01. The van der Waals surface area contributed by atoms with Crippen LogP contribution in [0.2, 0.25) is 5.15 Å². The minimum absolute atomic E-state index is 0.103. The Balaban J connectivity index is 2.42. The van der Waals surface area contributed by atoms with Gasteiger partial charge in [-0.25, -0.2) is 4.98 Å². The molecule has 15 heavy (non-hydrogen) atoms. The number of rotatable bonds is 2. The number of pyridine rings is 1. The Bertz CT molecular complexity index is 482. The predicted molar refractivity (Wildman–Crippen MR) is 59.1 cm³/mol. The van der Waals surface area contributed by atoms with E-state index in [0.717, 1.165) is 0 Å². The average Bonchev–Trinajstić information content (AvgIpc) is 2.30. The van der Waals surface area contributed by atoms with Crippen molar-refractivity contribution in [3.8, 4) is 0 Å².